The van der Waals surface area contributed by atoms with Gasteiger partial charge in [-0.2, -0.15) is 0 Å². The predicted molar refractivity (Wildman–Crippen MR) is 108 cm³/mol. The van der Waals surface area contributed by atoms with Crippen LogP contribution in [0.3, 0.4) is 0 Å². The molecule has 1 aromatic carbocycles. The number of pyridine rings is 1. The van der Waals surface area contributed by atoms with Crippen molar-refractivity contribution >= 4 is 16.7 Å². The maximum atomic E-state index is 12.0. The summed E-state index contributed by atoms with van der Waals surface area (Å²) >= 11 is 0. The molecule has 0 fully saturated rings. The highest BCUT2D eigenvalue weighted by molar-refractivity contribution is 5.96. The first-order valence-corrected chi connectivity index (χ1v) is 8.94. The van der Waals surface area contributed by atoms with E-state index < -0.39 is 0 Å². The van der Waals surface area contributed by atoms with Gasteiger partial charge in [0.1, 0.15) is 17.7 Å². The van der Waals surface area contributed by atoms with Crippen molar-refractivity contribution in [3.05, 3.63) is 46.6 Å². The predicted octanol–water partition coefficient (Wildman–Crippen LogP) is 2.63. The molecule has 2 aromatic heterocycles. The first-order chi connectivity index (χ1) is 13.6. The van der Waals surface area contributed by atoms with E-state index >= 15 is 0 Å². The third-order valence-electron chi connectivity index (χ3n) is 4.55. The molecular formula is C20H24N4O4. The van der Waals surface area contributed by atoms with Crippen molar-refractivity contribution in [2.45, 2.75) is 19.9 Å². The zero-order valence-electron chi connectivity index (χ0n) is 16.5. The van der Waals surface area contributed by atoms with Crippen LogP contribution < -0.4 is 25.1 Å². The van der Waals surface area contributed by atoms with Crippen molar-refractivity contribution in [1.29, 1.82) is 0 Å². The number of nitrogens with zero attached hydrogens (tertiary/aromatic N) is 3. The summed E-state index contributed by atoms with van der Waals surface area (Å²) in [5, 5.41) is 4.09. The summed E-state index contributed by atoms with van der Waals surface area (Å²) in [5.41, 5.74) is 1.59. The highest BCUT2D eigenvalue weighted by Gasteiger charge is 2.19. The molecule has 0 unspecified atom stereocenters. The van der Waals surface area contributed by atoms with Gasteiger partial charge in [-0.3, -0.25) is 4.79 Å². The molecule has 0 amide bonds. The fraction of sp³-hybridized carbons (Fsp3) is 0.350. The Bertz CT molecular complexity index is 1030. The minimum Gasteiger partial charge on any atom is -0.493 e. The molecule has 8 nitrogen and oxygen atoms in total. The summed E-state index contributed by atoms with van der Waals surface area (Å²) in [4.78, 5) is 20.7. The second-order valence-corrected chi connectivity index (χ2v) is 6.20. The second kappa shape index (κ2) is 8.60. The molecule has 1 N–H and O–H groups in total. The van der Waals surface area contributed by atoms with E-state index in [1.807, 2.05) is 19.1 Å². The van der Waals surface area contributed by atoms with E-state index in [1.54, 1.807) is 38.0 Å². The molecule has 0 radical (unpaired) electrons. The molecule has 0 atom stereocenters. The van der Waals surface area contributed by atoms with Crippen molar-refractivity contribution in [3.63, 3.8) is 0 Å². The van der Waals surface area contributed by atoms with E-state index in [2.05, 4.69) is 15.3 Å². The van der Waals surface area contributed by atoms with Crippen LogP contribution in [0, 0.1) is 6.92 Å². The van der Waals surface area contributed by atoms with Gasteiger partial charge in [-0.1, -0.05) is 6.07 Å². The first-order valence-electron chi connectivity index (χ1n) is 8.94. The van der Waals surface area contributed by atoms with Crippen molar-refractivity contribution < 1.29 is 14.2 Å². The zero-order chi connectivity index (χ0) is 20.1. The molecule has 0 spiro atoms. The van der Waals surface area contributed by atoms with Crippen molar-refractivity contribution in [1.82, 2.24) is 14.5 Å². The fourth-order valence-corrected chi connectivity index (χ4v) is 3.16. The smallest absolute Gasteiger partial charge is 0.250 e. The zero-order valence-corrected chi connectivity index (χ0v) is 16.5. The SMILES string of the molecule is COc1cc2c(NCCCn3c(C)cccc3=O)ncnc2c(OC)c1OC. The van der Waals surface area contributed by atoms with Crippen LogP contribution in [0.2, 0.25) is 0 Å². The molecule has 0 aliphatic rings. The van der Waals surface area contributed by atoms with E-state index in [-0.39, 0.29) is 5.56 Å². The van der Waals surface area contributed by atoms with Crippen LogP contribution in [0.4, 0.5) is 5.82 Å². The molecule has 0 aliphatic heterocycles. The van der Waals surface area contributed by atoms with E-state index in [1.165, 1.54) is 6.33 Å². The Labute approximate surface area is 163 Å². The average molecular weight is 384 g/mol. The highest BCUT2D eigenvalue weighted by Crippen LogP contribution is 2.43. The monoisotopic (exact) mass is 384 g/mol. The Kier molecular flexibility index (Phi) is 5.98. The number of fused-ring (bicyclic) bond motifs is 1. The molecule has 3 rings (SSSR count). The standard InChI is InChI=1S/C20H24N4O4/c1-13-7-5-8-16(25)24(13)10-6-9-21-20-14-11-15(26-2)18(27-3)19(28-4)17(14)22-12-23-20/h5,7-8,11-12H,6,9-10H2,1-4H3,(H,21,22,23). The van der Waals surface area contributed by atoms with E-state index in [9.17, 15) is 4.79 Å². The van der Waals surface area contributed by atoms with Crippen LogP contribution >= 0.6 is 0 Å². The molecule has 0 aliphatic carbocycles. The van der Waals surface area contributed by atoms with Crippen LogP contribution in [0.1, 0.15) is 12.1 Å². The Morgan fingerprint density at radius 3 is 2.54 bits per heavy atom. The van der Waals surface area contributed by atoms with E-state index in [4.69, 9.17) is 14.2 Å². The number of hydrogen-bond donors (Lipinski definition) is 1. The quantitative estimate of drug-likeness (QED) is 0.597. The number of benzene rings is 1. The maximum Gasteiger partial charge on any atom is 0.250 e. The van der Waals surface area contributed by atoms with Crippen LogP contribution in [0.15, 0.2) is 35.4 Å². The molecule has 0 saturated carbocycles. The third-order valence-corrected chi connectivity index (χ3v) is 4.55. The number of ether oxygens (including phenoxy) is 3. The normalized spacial score (nSPS) is 10.7. The van der Waals surface area contributed by atoms with Gasteiger partial charge in [-0.05, 0) is 25.5 Å². The first kappa shape index (κ1) is 19.5. The highest BCUT2D eigenvalue weighted by atomic mass is 16.5. The number of aromatic nitrogens is 3. The van der Waals surface area contributed by atoms with Gasteiger partial charge < -0.3 is 24.1 Å². The van der Waals surface area contributed by atoms with Gasteiger partial charge in [0.2, 0.25) is 5.75 Å². The van der Waals surface area contributed by atoms with E-state index in [0.717, 1.165) is 17.5 Å². The minimum atomic E-state index is 0.00838. The average Bonchev–Trinajstić information content (AvgIpc) is 2.71. The Balaban J connectivity index is 1.83. The number of rotatable bonds is 8. The Hall–Kier alpha value is -3.29. The van der Waals surface area contributed by atoms with Gasteiger partial charge in [0.15, 0.2) is 11.5 Å². The number of hydrogen-bond acceptors (Lipinski definition) is 7. The van der Waals surface area contributed by atoms with Crippen LogP contribution in [-0.2, 0) is 6.54 Å². The third kappa shape index (κ3) is 3.71. The molecule has 3 aromatic rings. The number of methoxy groups -OCH3 is 3. The van der Waals surface area contributed by atoms with Gasteiger partial charge in [-0.15, -0.1) is 0 Å². The summed E-state index contributed by atoms with van der Waals surface area (Å²) in [5.74, 6) is 2.19. The second-order valence-electron chi connectivity index (χ2n) is 6.20. The topological polar surface area (TPSA) is 87.5 Å². The number of nitrogens with one attached hydrogen (secondary N) is 1. The van der Waals surface area contributed by atoms with Gasteiger partial charge in [-0.25, -0.2) is 9.97 Å². The summed E-state index contributed by atoms with van der Waals surface area (Å²) in [6.07, 6.45) is 2.24. The molecule has 8 heteroatoms. The van der Waals surface area contributed by atoms with Gasteiger partial charge in [0.05, 0.1) is 26.7 Å². The number of aryl methyl sites for hydroxylation is 1. The molecule has 28 heavy (non-hydrogen) atoms. The Morgan fingerprint density at radius 1 is 1.07 bits per heavy atom. The van der Waals surface area contributed by atoms with E-state index in [0.29, 0.717) is 41.7 Å². The fourth-order valence-electron chi connectivity index (χ4n) is 3.16. The molecule has 2 heterocycles. The van der Waals surface area contributed by atoms with Crippen molar-refractivity contribution in [3.8, 4) is 17.2 Å². The molecule has 148 valence electrons. The largest absolute Gasteiger partial charge is 0.493 e. The lowest BCUT2D eigenvalue weighted by molar-refractivity contribution is 0.327. The summed E-state index contributed by atoms with van der Waals surface area (Å²) in [7, 11) is 4.69. The summed E-state index contributed by atoms with van der Waals surface area (Å²) in [6, 6.07) is 7.10. The van der Waals surface area contributed by atoms with Crippen LogP contribution in [0.5, 0.6) is 17.2 Å². The summed E-state index contributed by atoms with van der Waals surface area (Å²) in [6.45, 7) is 3.20. The lowest BCUT2D eigenvalue weighted by Crippen LogP contribution is -2.22. The number of anilines is 1. The lowest BCUT2D eigenvalue weighted by atomic mass is 10.2. The van der Waals surface area contributed by atoms with Gasteiger partial charge in [0.25, 0.3) is 5.56 Å². The molecule has 0 saturated heterocycles. The lowest BCUT2D eigenvalue weighted by Gasteiger charge is -2.16. The molecular weight excluding hydrogens is 360 g/mol. The maximum absolute atomic E-state index is 12.0. The van der Waals surface area contributed by atoms with Crippen molar-refractivity contribution in [2.75, 3.05) is 33.2 Å². The van der Waals surface area contributed by atoms with Crippen LogP contribution in [0.25, 0.3) is 10.9 Å². The minimum absolute atomic E-state index is 0.00838. The molecule has 0 bridgehead atoms. The van der Waals surface area contributed by atoms with Gasteiger partial charge >= 0.3 is 0 Å². The Morgan fingerprint density at radius 2 is 1.86 bits per heavy atom. The van der Waals surface area contributed by atoms with Gasteiger partial charge in [0, 0.05) is 24.8 Å². The summed E-state index contributed by atoms with van der Waals surface area (Å²) < 4.78 is 18.1. The van der Waals surface area contributed by atoms with Crippen molar-refractivity contribution in [2.24, 2.45) is 0 Å². The van der Waals surface area contributed by atoms with Crippen LogP contribution in [-0.4, -0.2) is 42.4 Å².